The number of H-pyrrole nitrogens is 1. The Hall–Kier alpha value is -3.27. The highest BCUT2D eigenvalue weighted by Gasteiger charge is 2.27. The summed E-state index contributed by atoms with van der Waals surface area (Å²) in [7, 11) is 0. The van der Waals surface area contributed by atoms with Gasteiger partial charge in [-0.15, -0.1) is 0 Å². The number of aryl methyl sites for hydroxylation is 2. The van der Waals surface area contributed by atoms with Crippen LogP contribution in [-0.4, -0.2) is 66.5 Å². The Morgan fingerprint density at radius 3 is 2.78 bits per heavy atom. The molecule has 10 heteroatoms. The molecule has 9 nitrogen and oxygen atoms in total. The molecule has 0 unspecified atom stereocenters. The van der Waals surface area contributed by atoms with Crippen molar-refractivity contribution in [3.8, 4) is 5.82 Å². The monoisotopic (exact) mass is 507 g/mol. The van der Waals surface area contributed by atoms with Gasteiger partial charge in [0, 0.05) is 31.9 Å². The number of hydrogen-bond acceptors (Lipinski definition) is 7. The Balaban J connectivity index is 1.37. The number of aliphatic hydroxyl groups is 1. The number of likely N-dealkylation sites (N-methyl/N-ethyl adjacent to an activating group) is 1. The lowest BCUT2D eigenvalue weighted by Crippen LogP contribution is -2.49. The number of anilines is 1. The van der Waals surface area contributed by atoms with Gasteiger partial charge in [-0.3, -0.25) is 4.79 Å². The van der Waals surface area contributed by atoms with Crippen molar-refractivity contribution in [3.05, 3.63) is 74.7 Å². The fraction of sp³-hybridized carbons (Fsp3) is 0.385. The van der Waals surface area contributed by atoms with Crippen LogP contribution in [0.15, 0.2) is 41.5 Å². The van der Waals surface area contributed by atoms with Crippen LogP contribution < -0.4 is 10.9 Å². The highest BCUT2D eigenvalue weighted by atomic mass is 35.5. The lowest BCUT2D eigenvalue weighted by Gasteiger charge is -2.36. The first-order chi connectivity index (χ1) is 17.3. The van der Waals surface area contributed by atoms with E-state index in [0.717, 1.165) is 42.1 Å². The predicted molar refractivity (Wildman–Crippen MR) is 141 cm³/mol. The predicted octanol–water partition coefficient (Wildman–Crippen LogP) is 3.23. The molecule has 1 aliphatic rings. The number of piperidine rings is 1. The van der Waals surface area contributed by atoms with E-state index < -0.39 is 6.10 Å². The molecule has 4 heterocycles. The highest BCUT2D eigenvalue weighted by molar-refractivity contribution is 6.34. The van der Waals surface area contributed by atoms with E-state index in [0.29, 0.717) is 40.4 Å². The number of pyridine rings is 1. The van der Waals surface area contributed by atoms with Crippen LogP contribution in [0.4, 0.5) is 5.69 Å². The van der Waals surface area contributed by atoms with Crippen LogP contribution in [0.2, 0.25) is 5.02 Å². The van der Waals surface area contributed by atoms with E-state index in [-0.39, 0.29) is 11.6 Å². The van der Waals surface area contributed by atoms with E-state index in [2.05, 4.69) is 32.2 Å². The minimum absolute atomic E-state index is 0.115. The zero-order valence-corrected chi connectivity index (χ0v) is 21.4. The van der Waals surface area contributed by atoms with Gasteiger partial charge < -0.3 is 20.3 Å². The molecule has 2 atom stereocenters. The topological polar surface area (TPSA) is 112 Å². The van der Waals surface area contributed by atoms with Crippen LogP contribution in [-0.2, 0) is 6.42 Å². The van der Waals surface area contributed by atoms with Crippen LogP contribution >= 0.6 is 11.6 Å². The molecule has 3 aromatic heterocycles. The standard InChI is InChI=1S/C26H30ClN7O2/c1-4-33-8-7-20(23(35)14-33)29-22-11-21-18(10-19(22)27)26(36)31-24(30-21)9-17-5-6-25(28-12-17)34-13-15(2)16(3)32-34/h5-6,10-13,20,23,29,35H,4,7-9,14H2,1-3H3,(H,30,31,36)/t20-,23-/m1/s1. The van der Waals surface area contributed by atoms with Crippen molar-refractivity contribution in [2.45, 2.75) is 45.8 Å². The number of hydrogen-bond donors (Lipinski definition) is 3. The number of fused-ring (bicyclic) bond motifs is 1. The summed E-state index contributed by atoms with van der Waals surface area (Å²) in [6, 6.07) is 7.16. The second kappa shape index (κ2) is 10.0. The van der Waals surface area contributed by atoms with Crippen molar-refractivity contribution >= 4 is 28.2 Å². The van der Waals surface area contributed by atoms with Gasteiger partial charge in [-0.25, -0.2) is 14.6 Å². The highest BCUT2D eigenvalue weighted by Crippen LogP contribution is 2.28. The molecule has 0 saturated carbocycles. The fourth-order valence-corrected chi connectivity index (χ4v) is 4.79. The van der Waals surface area contributed by atoms with Crippen LogP contribution in [0.5, 0.6) is 0 Å². The van der Waals surface area contributed by atoms with E-state index in [1.54, 1.807) is 23.0 Å². The van der Waals surface area contributed by atoms with Crippen molar-refractivity contribution in [1.82, 2.24) is 29.6 Å². The summed E-state index contributed by atoms with van der Waals surface area (Å²) >= 11 is 6.49. The number of nitrogens with zero attached hydrogens (tertiary/aromatic N) is 5. The van der Waals surface area contributed by atoms with Crippen molar-refractivity contribution in [1.29, 1.82) is 0 Å². The largest absolute Gasteiger partial charge is 0.390 e. The van der Waals surface area contributed by atoms with Gasteiger partial charge in [0.2, 0.25) is 0 Å². The lowest BCUT2D eigenvalue weighted by atomic mass is 10.0. The van der Waals surface area contributed by atoms with Gasteiger partial charge in [0.15, 0.2) is 5.82 Å². The zero-order chi connectivity index (χ0) is 25.4. The van der Waals surface area contributed by atoms with Crippen molar-refractivity contribution in [3.63, 3.8) is 0 Å². The molecule has 188 valence electrons. The molecule has 0 aliphatic carbocycles. The molecule has 0 amide bonds. The van der Waals surface area contributed by atoms with Gasteiger partial charge in [-0.2, -0.15) is 5.10 Å². The second-order valence-corrected chi connectivity index (χ2v) is 9.81. The summed E-state index contributed by atoms with van der Waals surface area (Å²) < 4.78 is 1.76. The first-order valence-corrected chi connectivity index (χ1v) is 12.6. The maximum atomic E-state index is 12.8. The SMILES string of the molecule is CCN1CC[C@@H](Nc2cc3nc(Cc4ccc(-n5cc(C)c(C)n5)nc4)[nH]c(=O)c3cc2Cl)[C@H](O)C1. The maximum absolute atomic E-state index is 12.8. The summed E-state index contributed by atoms with van der Waals surface area (Å²) in [5, 5.41) is 19.3. The number of halogens is 1. The van der Waals surface area contributed by atoms with Crippen LogP contribution in [0.3, 0.4) is 0 Å². The Morgan fingerprint density at radius 2 is 2.11 bits per heavy atom. The van der Waals surface area contributed by atoms with Gasteiger partial charge >= 0.3 is 0 Å². The average molecular weight is 508 g/mol. The molecule has 1 fully saturated rings. The summed E-state index contributed by atoms with van der Waals surface area (Å²) in [4.78, 5) is 27.1. The van der Waals surface area contributed by atoms with Gasteiger partial charge in [-0.1, -0.05) is 24.6 Å². The summed E-state index contributed by atoms with van der Waals surface area (Å²) in [5.41, 5.74) is 3.96. The average Bonchev–Trinajstić information content (AvgIpc) is 3.20. The number of likely N-dealkylation sites (tertiary alicyclic amines) is 1. The summed E-state index contributed by atoms with van der Waals surface area (Å²) in [6.45, 7) is 8.51. The van der Waals surface area contributed by atoms with E-state index in [9.17, 15) is 9.90 Å². The third-order valence-electron chi connectivity index (χ3n) is 6.86. The fourth-order valence-electron chi connectivity index (χ4n) is 4.57. The van der Waals surface area contributed by atoms with E-state index >= 15 is 0 Å². The number of β-amino-alcohol motifs (C(OH)–C–C–N with tert-alkyl or cyclic N) is 1. The van der Waals surface area contributed by atoms with E-state index in [1.807, 2.05) is 32.2 Å². The summed E-state index contributed by atoms with van der Waals surface area (Å²) in [5.74, 6) is 1.27. The third kappa shape index (κ3) is 5.00. The quantitative estimate of drug-likeness (QED) is 0.367. The van der Waals surface area contributed by atoms with Gasteiger partial charge in [-0.05, 0) is 56.1 Å². The Labute approximate surface area is 214 Å². The smallest absolute Gasteiger partial charge is 0.258 e. The van der Waals surface area contributed by atoms with Crippen LogP contribution in [0.1, 0.15) is 36.0 Å². The number of aliphatic hydroxyl groups excluding tert-OH is 1. The number of benzene rings is 1. The van der Waals surface area contributed by atoms with Crippen molar-refractivity contribution in [2.75, 3.05) is 25.0 Å². The molecule has 5 rings (SSSR count). The number of aromatic amines is 1. The van der Waals surface area contributed by atoms with Crippen molar-refractivity contribution in [2.24, 2.45) is 0 Å². The Morgan fingerprint density at radius 1 is 1.28 bits per heavy atom. The number of nitrogens with one attached hydrogen (secondary N) is 2. The molecule has 0 radical (unpaired) electrons. The molecule has 1 aliphatic heterocycles. The normalized spacial score (nSPS) is 18.6. The van der Waals surface area contributed by atoms with Crippen molar-refractivity contribution < 1.29 is 5.11 Å². The number of rotatable bonds is 6. The number of aromatic nitrogens is 5. The minimum Gasteiger partial charge on any atom is -0.390 e. The Kier molecular flexibility index (Phi) is 6.79. The second-order valence-electron chi connectivity index (χ2n) is 9.41. The third-order valence-corrected chi connectivity index (χ3v) is 7.17. The molecule has 1 saturated heterocycles. The summed E-state index contributed by atoms with van der Waals surface area (Å²) in [6.07, 6.45) is 4.44. The molecule has 4 aromatic rings. The lowest BCUT2D eigenvalue weighted by molar-refractivity contribution is 0.0627. The molecule has 1 aromatic carbocycles. The van der Waals surface area contributed by atoms with Crippen LogP contribution in [0, 0.1) is 13.8 Å². The van der Waals surface area contributed by atoms with Gasteiger partial charge in [0.1, 0.15) is 5.82 Å². The van der Waals surface area contributed by atoms with Gasteiger partial charge in [0.05, 0.1) is 39.5 Å². The zero-order valence-electron chi connectivity index (χ0n) is 20.6. The first-order valence-electron chi connectivity index (χ1n) is 12.2. The molecule has 3 N–H and O–H groups in total. The van der Waals surface area contributed by atoms with Gasteiger partial charge in [0.25, 0.3) is 5.56 Å². The molecular weight excluding hydrogens is 478 g/mol. The molecule has 0 bridgehead atoms. The van der Waals surface area contributed by atoms with E-state index in [1.165, 1.54) is 0 Å². The van der Waals surface area contributed by atoms with E-state index in [4.69, 9.17) is 16.6 Å². The molecular formula is C26H30ClN7O2. The molecule has 36 heavy (non-hydrogen) atoms. The minimum atomic E-state index is -0.502. The first kappa shape index (κ1) is 24.4. The van der Waals surface area contributed by atoms with Crippen LogP contribution in [0.25, 0.3) is 16.7 Å². The Bertz CT molecular complexity index is 1430. The maximum Gasteiger partial charge on any atom is 0.258 e. The molecule has 0 spiro atoms.